The number of hydrogen-bond acceptors (Lipinski definition) is 3. The Morgan fingerprint density at radius 2 is 2.22 bits per heavy atom. The van der Waals surface area contributed by atoms with Gasteiger partial charge in [-0.3, -0.25) is 4.68 Å². The van der Waals surface area contributed by atoms with Crippen LogP contribution in [0.15, 0.2) is 36.7 Å². The fourth-order valence-electron chi connectivity index (χ4n) is 1.55. The van der Waals surface area contributed by atoms with Gasteiger partial charge >= 0.3 is 0 Å². The van der Waals surface area contributed by atoms with Crippen LogP contribution in [0.3, 0.4) is 0 Å². The summed E-state index contributed by atoms with van der Waals surface area (Å²) in [4.78, 5) is 0. The van der Waals surface area contributed by atoms with E-state index in [2.05, 4.69) is 33.8 Å². The summed E-state index contributed by atoms with van der Waals surface area (Å²) in [5.74, 6) is 0.648. The Morgan fingerprint density at radius 1 is 1.39 bits per heavy atom. The number of benzene rings is 1. The Kier molecular flexibility index (Phi) is 4.59. The second-order valence-electron chi connectivity index (χ2n) is 3.73. The molecule has 0 atom stereocenters. The predicted octanol–water partition coefficient (Wildman–Crippen LogP) is 2.83. The molecule has 2 rings (SSSR count). The van der Waals surface area contributed by atoms with Crippen molar-refractivity contribution >= 4 is 22.6 Å². The molecule has 0 bridgehead atoms. The first-order chi connectivity index (χ1) is 8.79. The zero-order valence-electron chi connectivity index (χ0n) is 9.71. The van der Waals surface area contributed by atoms with Gasteiger partial charge in [0.05, 0.1) is 21.9 Å². The molecule has 18 heavy (non-hydrogen) atoms. The summed E-state index contributed by atoms with van der Waals surface area (Å²) in [7, 11) is 0. The fraction of sp³-hybridized carbons (Fsp3) is 0.231. The zero-order valence-corrected chi connectivity index (χ0v) is 11.9. The van der Waals surface area contributed by atoms with Crippen molar-refractivity contribution in [2.75, 3.05) is 6.61 Å². The van der Waals surface area contributed by atoms with Crippen LogP contribution in [0.4, 0.5) is 0 Å². The zero-order chi connectivity index (χ0) is 12.8. The summed E-state index contributed by atoms with van der Waals surface area (Å²) >= 11 is 2.23. The van der Waals surface area contributed by atoms with Gasteiger partial charge < -0.3 is 4.74 Å². The largest absolute Gasteiger partial charge is 0.492 e. The molecular weight excluding hydrogens is 341 g/mol. The Bertz CT molecular complexity index is 559. The van der Waals surface area contributed by atoms with Gasteiger partial charge in [0.1, 0.15) is 11.8 Å². The summed E-state index contributed by atoms with van der Waals surface area (Å²) in [5, 5.41) is 13.1. The van der Waals surface area contributed by atoms with E-state index in [9.17, 15) is 0 Å². The number of nitriles is 1. The van der Waals surface area contributed by atoms with Crippen LogP contribution in [0.5, 0.6) is 5.75 Å². The molecule has 0 spiro atoms. The van der Waals surface area contributed by atoms with Crippen molar-refractivity contribution in [1.29, 1.82) is 5.26 Å². The SMILES string of the molecule is N#Cc1ccccc1OCCCn1cc(I)cn1. The maximum atomic E-state index is 8.91. The van der Waals surface area contributed by atoms with Gasteiger partial charge in [-0.2, -0.15) is 10.4 Å². The number of rotatable bonds is 5. The molecule has 1 heterocycles. The number of nitrogens with zero attached hydrogens (tertiary/aromatic N) is 3. The topological polar surface area (TPSA) is 50.8 Å². The van der Waals surface area contributed by atoms with E-state index in [1.807, 2.05) is 35.3 Å². The van der Waals surface area contributed by atoms with E-state index >= 15 is 0 Å². The first-order valence-corrected chi connectivity index (χ1v) is 6.67. The monoisotopic (exact) mass is 353 g/mol. The molecule has 4 nitrogen and oxygen atoms in total. The van der Waals surface area contributed by atoms with Crippen molar-refractivity contribution in [3.05, 3.63) is 45.8 Å². The Morgan fingerprint density at radius 3 is 2.94 bits per heavy atom. The highest BCUT2D eigenvalue weighted by Gasteiger charge is 2.01. The Balaban J connectivity index is 1.80. The molecule has 92 valence electrons. The Labute approximate surface area is 119 Å². The molecule has 0 amide bonds. The second kappa shape index (κ2) is 6.40. The summed E-state index contributed by atoms with van der Waals surface area (Å²) < 4.78 is 8.61. The van der Waals surface area contributed by atoms with Crippen LogP contribution in [0.1, 0.15) is 12.0 Å². The van der Waals surface area contributed by atoms with Crippen molar-refractivity contribution in [2.45, 2.75) is 13.0 Å². The lowest BCUT2D eigenvalue weighted by Crippen LogP contribution is -2.05. The highest BCUT2D eigenvalue weighted by Crippen LogP contribution is 2.16. The van der Waals surface area contributed by atoms with Crippen LogP contribution < -0.4 is 4.74 Å². The van der Waals surface area contributed by atoms with Crippen LogP contribution in [0.2, 0.25) is 0 Å². The summed E-state index contributed by atoms with van der Waals surface area (Å²) in [6, 6.07) is 9.38. The molecule has 1 aromatic heterocycles. The average molecular weight is 353 g/mol. The standard InChI is InChI=1S/C13H12IN3O/c14-12-9-16-17(10-12)6-3-7-18-13-5-2-1-4-11(13)8-15/h1-2,4-5,9-10H,3,6-7H2. The fourth-order valence-corrected chi connectivity index (χ4v) is 2.00. The third kappa shape index (κ3) is 3.47. The molecular formula is C13H12IN3O. The molecule has 0 fully saturated rings. The van der Waals surface area contributed by atoms with Crippen molar-refractivity contribution in [1.82, 2.24) is 9.78 Å². The quantitative estimate of drug-likeness (QED) is 0.614. The molecule has 0 aliphatic carbocycles. The third-order valence-electron chi connectivity index (χ3n) is 2.40. The second-order valence-corrected chi connectivity index (χ2v) is 4.98. The van der Waals surface area contributed by atoms with Crippen LogP contribution in [-0.4, -0.2) is 16.4 Å². The molecule has 0 aliphatic rings. The molecule has 2 aromatic rings. The van der Waals surface area contributed by atoms with Gasteiger partial charge in [-0.25, -0.2) is 0 Å². The van der Waals surface area contributed by atoms with Crippen molar-refractivity contribution in [3.8, 4) is 11.8 Å². The van der Waals surface area contributed by atoms with Gasteiger partial charge in [0.25, 0.3) is 0 Å². The minimum Gasteiger partial charge on any atom is -0.492 e. The molecule has 0 aliphatic heterocycles. The van der Waals surface area contributed by atoms with Gasteiger partial charge in [-0.05, 0) is 34.7 Å². The van der Waals surface area contributed by atoms with E-state index in [1.54, 1.807) is 6.07 Å². The molecule has 1 aromatic carbocycles. The van der Waals surface area contributed by atoms with E-state index in [0.29, 0.717) is 17.9 Å². The number of ether oxygens (including phenoxy) is 1. The Hall–Kier alpha value is -1.55. The smallest absolute Gasteiger partial charge is 0.137 e. The maximum absolute atomic E-state index is 8.91. The maximum Gasteiger partial charge on any atom is 0.137 e. The molecule has 0 N–H and O–H groups in total. The molecule has 5 heteroatoms. The lowest BCUT2D eigenvalue weighted by atomic mass is 10.2. The van der Waals surface area contributed by atoms with Gasteiger partial charge in [0.15, 0.2) is 0 Å². The normalized spacial score (nSPS) is 10.0. The van der Waals surface area contributed by atoms with Crippen LogP contribution >= 0.6 is 22.6 Å². The predicted molar refractivity (Wildman–Crippen MR) is 76.2 cm³/mol. The van der Waals surface area contributed by atoms with Crippen LogP contribution in [0, 0.1) is 14.9 Å². The van der Waals surface area contributed by atoms with E-state index in [0.717, 1.165) is 16.5 Å². The van der Waals surface area contributed by atoms with Crippen molar-refractivity contribution in [3.63, 3.8) is 0 Å². The lowest BCUT2D eigenvalue weighted by Gasteiger charge is -2.07. The first kappa shape index (κ1) is 12.9. The molecule has 0 unspecified atom stereocenters. The minimum atomic E-state index is 0.575. The van der Waals surface area contributed by atoms with E-state index in [1.165, 1.54) is 0 Å². The molecule has 0 saturated heterocycles. The van der Waals surface area contributed by atoms with E-state index < -0.39 is 0 Å². The number of aromatic nitrogens is 2. The highest BCUT2D eigenvalue weighted by molar-refractivity contribution is 14.1. The third-order valence-corrected chi connectivity index (χ3v) is 2.96. The molecule has 0 radical (unpaired) electrons. The van der Waals surface area contributed by atoms with Crippen molar-refractivity contribution in [2.24, 2.45) is 0 Å². The van der Waals surface area contributed by atoms with Crippen molar-refractivity contribution < 1.29 is 4.74 Å². The minimum absolute atomic E-state index is 0.575. The van der Waals surface area contributed by atoms with E-state index in [-0.39, 0.29) is 0 Å². The number of hydrogen-bond donors (Lipinski definition) is 0. The molecule has 0 saturated carbocycles. The lowest BCUT2D eigenvalue weighted by molar-refractivity contribution is 0.298. The van der Waals surface area contributed by atoms with Crippen LogP contribution in [0.25, 0.3) is 0 Å². The summed E-state index contributed by atoms with van der Waals surface area (Å²) in [6.07, 6.45) is 4.67. The number of halogens is 1. The summed E-state index contributed by atoms with van der Waals surface area (Å²) in [6.45, 7) is 1.40. The highest BCUT2D eigenvalue weighted by atomic mass is 127. The van der Waals surface area contributed by atoms with Gasteiger partial charge in [-0.15, -0.1) is 0 Å². The van der Waals surface area contributed by atoms with Gasteiger partial charge in [0.2, 0.25) is 0 Å². The van der Waals surface area contributed by atoms with Gasteiger partial charge in [0, 0.05) is 19.2 Å². The number of para-hydroxylation sites is 1. The first-order valence-electron chi connectivity index (χ1n) is 5.59. The summed E-state index contributed by atoms with van der Waals surface area (Å²) in [5.41, 5.74) is 0.575. The number of aryl methyl sites for hydroxylation is 1. The van der Waals surface area contributed by atoms with E-state index in [4.69, 9.17) is 10.00 Å². The van der Waals surface area contributed by atoms with Gasteiger partial charge in [-0.1, -0.05) is 12.1 Å². The van der Waals surface area contributed by atoms with Crippen LogP contribution in [-0.2, 0) is 6.54 Å². The average Bonchev–Trinajstić information content (AvgIpc) is 2.81.